The van der Waals surface area contributed by atoms with Crippen LogP contribution < -0.4 is 0 Å². The maximum Gasteiger partial charge on any atom is 0.339 e. The van der Waals surface area contributed by atoms with Gasteiger partial charge in [-0.15, -0.1) is 0 Å². The van der Waals surface area contributed by atoms with E-state index in [1.807, 2.05) is 30.3 Å². The molecular weight excluding hydrogens is 292 g/mol. The van der Waals surface area contributed by atoms with Gasteiger partial charge in [0, 0.05) is 31.1 Å². The number of carbonyl (C=O) groups excluding carboxylic acids is 2. The molecule has 1 heterocycles. The molecule has 1 amide bonds. The molecule has 1 fully saturated rings. The number of esters is 1. The van der Waals surface area contributed by atoms with Crippen molar-refractivity contribution in [3.63, 3.8) is 0 Å². The van der Waals surface area contributed by atoms with Gasteiger partial charge in [-0.3, -0.25) is 9.78 Å². The first kappa shape index (κ1) is 15.5. The second-order valence-electron chi connectivity index (χ2n) is 6.17. The topological polar surface area (TPSA) is 59.5 Å². The minimum absolute atomic E-state index is 0.237. The number of ether oxygens (including phenoxy) is 1. The molecule has 23 heavy (non-hydrogen) atoms. The molecule has 0 bridgehead atoms. The first-order valence-electron chi connectivity index (χ1n) is 7.79. The third-order valence-electron chi connectivity index (χ3n) is 4.02. The number of amides is 1. The van der Waals surface area contributed by atoms with Crippen molar-refractivity contribution < 1.29 is 14.3 Å². The third kappa shape index (κ3) is 3.18. The van der Waals surface area contributed by atoms with Gasteiger partial charge in [0.1, 0.15) is 0 Å². The van der Waals surface area contributed by atoms with Gasteiger partial charge in [-0.2, -0.15) is 0 Å². The Hall–Kier alpha value is -2.43. The maximum absolute atomic E-state index is 12.6. The molecule has 0 unspecified atom stereocenters. The van der Waals surface area contributed by atoms with Gasteiger partial charge in [0.25, 0.3) is 5.91 Å². The molecule has 0 aliphatic heterocycles. The first-order valence-corrected chi connectivity index (χ1v) is 7.79. The second kappa shape index (κ2) is 5.99. The summed E-state index contributed by atoms with van der Waals surface area (Å²) < 4.78 is 5.36. The van der Waals surface area contributed by atoms with E-state index in [-0.39, 0.29) is 5.91 Å². The van der Waals surface area contributed by atoms with Gasteiger partial charge >= 0.3 is 5.97 Å². The molecule has 0 spiro atoms. The molecule has 5 heteroatoms. The summed E-state index contributed by atoms with van der Waals surface area (Å²) in [6.07, 6.45) is 1.40. The van der Waals surface area contributed by atoms with Gasteiger partial charge in [0.2, 0.25) is 0 Å². The van der Waals surface area contributed by atoms with Gasteiger partial charge in [-0.1, -0.05) is 18.2 Å². The number of para-hydroxylation sites is 1. The van der Waals surface area contributed by atoms with Crippen LogP contribution in [0.3, 0.4) is 0 Å². The molecule has 1 aromatic carbocycles. The lowest BCUT2D eigenvalue weighted by molar-refractivity contribution is -0.137. The standard InChI is InChI=1S/C18H20N2O3/c1-11(17(21)20(2)3)23-18(22)14-10-16(12-8-9-12)19-15-7-5-4-6-13(14)15/h4-7,10-12H,8-9H2,1-3H3/t11-/m1/s1. The molecule has 1 aromatic heterocycles. The van der Waals surface area contributed by atoms with Crippen molar-refractivity contribution in [3.05, 3.63) is 41.6 Å². The number of likely N-dealkylation sites (N-methyl/N-ethyl adjacent to an activating group) is 1. The third-order valence-corrected chi connectivity index (χ3v) is 4.02. The Morgan fingerprint density at radius 1 is 1.26 bits per heavy atom. The second-order valence-corrected chi connectivity index (χ2v) is 6.17. The molecule has 1 aliphatic rings. The quantitative estimate of drug-likeness (QED) is 0.815. The first-order chi connectivity index (χ1) is 11.0. The van der Waals surface area contributed by atoms with Gasteiger partial charge in [0.05, 0.1) is 11.1 Å². The van der Waals surface area contributed by atoms with Crippen LogP contribution in [0.5, 0.6) is 0 Å². The molecule has 3 rings (SSSR count). The van der Waals surface area contributed by atoms with Crippen LogP contribution in [0.4, 0.5) is 0 Å². The number of pyridine rings is 1. The van der Waals surface area contributed by atoms with E-state index in [1.165, 1.54) is 4.90 Å². The van der Waals surface area contributed by atoms with Crippen molar-refractivity contribution in [3.8, 4) is 0 Å². The van der Waals surface area contributed by atoms with E-state index in [0.717, 1.165) is 29.4 Å². The van der Waals surface area contributed by atoms with E-state index in [4.69, 9.17) is 4.74 Å². The highest BCUT2D eigenvalue weighted by Gasteiger charge is 2.28. The molecule has 5 nitrogen and oxygen atoms in total. The average molecular weight is 312 g/mol. The normalized spacial score (nSPS) is 15.3. The molecule has 1 aliphatic carbocycles. The zero-order valence-corrected chi connectivity index (χ0v) is 13.6. The molecular formula is C18H20N2O3. The number of hydrogen-bond donors (Lipinski definition) is 0. The van der Waals surface area contributed by atoms with E-state index < -0.39 is 12.1 Å². The van der Waals surface area contributed by atoms with Crippen LogP contribution >= 0.6 is 0 Å². The maximum atomic E-state index is 12.6. The largest absolute Gasteiger partial charge is 0.449 e. The van der Waals surface area contributed by atoms with Crippen molar-refractivity contribution in [2.75, 3.05) is 14.1 Å². The van der Waals surface area contributed by atoms with Crippen LogP contribution in [0.1, 0.15) is 41.7 Å². The predicted molar refractivity (Wildman–Crippen MR) is 87.3 cm³/mol. The fourth-order valence-electron chi connectivity index (χ4n) is 2.59. The molecule has 1 atom stereocenters. The van der Waals surface area contributed by atoms with Crippen LogP contribution in [0.15, 0.2) is 30.3 Å². The summed E-state index contributed by atoms with van der Waals surface area (Å²) in [5.74, 6) is -0.278. The zero-order valence-electron chi connectivity index (χ0n) is 13.6. The molecule has 0 saturated heterocycles. The van der Waals surface area contributed by atoms with E-state index in [2.05, 4.69) is 4.98 Å². The number of hydrogen-bond acceptors (Lipinski definition) is 4. The summed E-state index contributed by atoms with van der Waals surface area (Å²) in [6, 6.07) is 9.33. The lowest BCUT2D eigenvalue weighted by Gasteiger charge is -2.18. The Labute approximate surface area is 135 Å². The van der Waals surface area contributed by atoms with Crippen molar-refractivity contribution in [1.82, 2.24) is 9.88 Å². The summed E-state index contributed by atoms with van der Waals surface area (Å²) in [5.41, 5.74) is 2.20. The summed E-state index contributed by atoms with van der Waals surface area (Å²) in [4.78, 5) is 30.5. The lowest BCUT2D eigenvalue weighted by atomic mass is 10.1. The molecule has 0 N–H and O–H groups in total. The fourth-order valence-corrected chi connectivity index (χ4v) is 2.59. The number of carbonyl (C=O) groups is 2. The summed E-state index contributed by atoms with van der Waals surface area (Å²) in [5, 5.41) is 0.756. The Bertz CT molecular complexity index is 766. The van der Waals surface area contributed by atoms with Crippen molar-refractivity contribution in [1.29, 1.82) is 0 Å². The van der Waals surface area contributed by atoms with Crippen molar-refractivity contribution >= 4 is 22.8 Å². The highest BCUT2D eigenvalue weighted by atomic mass is 16.5. The number of benzene rings is 1. The van der Waals surface area contributed by atoms with Crippen molar-refractivity contribution in [2.45, 2.75) is 31.8 Å². The fraction of sp³-hybridized carbons (Fsp3) is 0.389. The van der Waals surface area contributed by atoms with E-state index in [0.29, 0.717) is 11.5 Å². The van der Waals surface area contributed by atoms with Gasteiger partial charge < -0.3 is 9.64 Å². The SMILES string of the molecule is C[C@@H](OC(=O)c1cc(C2CC2)nc2ccccc12)C(=O)N(C)C. The average Bonchev–Trinajstić information content (AvgIpc) is 3.37. The minimum atomic E-state index is -0.811. The Morgan fingerprint density at radius 3 is 2.61 bits per heavy atom. The van der Waals surface area contributed by atoms with E-state index in [1.54, 1.807) is 21.0 Å². The molecule has 120 valence electrons. The molecule has 1 saturated carbocycles. The number of rotatable bonds is 4. The van der Waals surface area contributed by atoms with Crippen molar-refractivity contribution in [2.24, 2.45) is 0 Å². The van der Waals surface area contributed by atoms with Crippen LogP contribution in [-0.4, -0.2) is 42.0 Å². The predicted octanol–water partition coefficient (Wildman–Crippen LogP) is 2.75. The summed E-state index contributed by atoms with van der Waals surface area (Å²) in [7, 11) is 3.28. The van der Waals surface area contributed by atoms with Crippen LogP contribution in [0, 0.1) is 0 Å². The van der Waals surface area contributed by atoms with E-state index in [9.17, 15) is 9.59 Å². The summed E-state index contributed by atoms with van der Waals surface area (Å²) >= 11 is 0. The monoisotopic (exact) mass is 312 g/mol. The van der Waals surface area contributed by atoms with Gasteiger partial charge in [-0.05, 0) is 31.9 Å². The van der Waals surface area contributed by atoms with E-state index >= 15 is 0 Å². The highest BCUT2D eigenvalue weighted by Crippen LogP contribution is 2.40. The number of fused-ring (bicyclic) bond motifs is 1. The number of nitrogens with zero attached hydrogens (tertiary/aromatic N) is 2. The Kier molecular flexibility index (Phi) is 4.03. The Balaban J connectivity index is 1.94. The molecule has 2 aromatic rings. The molecule has 0 radical (unpaired) electrons. The van der Waals surface area contributed by atoms with Crippen LogP contribution in [-0.2, 0) is 9.53 Å². The smallest absolute Gasteiger partial charge is 0.339 e. The van der Waals surface area contributed by atoms with Crippen LogP contribution in [0.25, 0.3) is 10.9 Å². The minimum Gasteiger partial charge on any atom is -0.449 e. The number of aromatic nitrogens is 1. The van der Waals surface area contributed by atoms with Gasteiger partial charge in [0.15, 0.2) is 6.10 Å². The summed E-state index contributed by atoms with van der Waals surface area (Å²) in [6.45, 7) is 1.59. The zero-order chi connectivity index (χ0) is 16.6. The lowest BCUT2D eigenvalue weighted by Crippen LogP contribution is -2.35. The highest BCUT2D eigenvalue weighted by molar-refractivity contribution is 6.04. The Morgan fingerprint density at radius 2 is 1.96 bits per heavy atom. The van der Waals surface area contributed by atoms with Gasteiger partial charge in [-0.25, -0.2) is 4.79 Å². The van der Waals surface area contributed by atoms with Crippen LogP contribution in [0.2, 0.25) is 0 Å².